The Hall–Kier alpha value is -2.21. The van der Waals surface area contributed by atoms with Crippen LogP contribution >= 0.6 is 0 Å². The lowest BCUT2D eigenvalue weighted by atomic mass is 10.2. The number of hydrogen-bond donors (Lipinski definition) is 1. The van der Waals surface area contributed by atoms with Crippen LogP contribution in [-0.2, 0) is 10.0 Å². The molecule has 1 heterocycles. The van der Waals surface area contributed by atoms with E-state index in [0.29, 0.717) is 5.56 Å². The standard InChI is InChI=1S/C13H12N2O3S/c1-10(16)11-5-7-12(8-6-11)19(17,18)15-13-4-2-3-9-14-13/h2-9H,1H3,(H,14,15). The van der Waals surface area contributed by atoms with Gasteiger partial charge in [0.25, 0.3) is 10.0 Å². The van der Waals surface area contributed by atoms with Gasteiger partial charge in [-0.2, -0.15) is 0 Å². The van der Waals surface area contributed by atoms with Crippen LogP contribution in [0.3, 0.4) is 0 Å². The van der Waals surface area contributed by atoms with Crippen LogP contribution < -0.4 is 4.72 Å². The largest absolute Gasteiger partial charge is 0.295 e. The van der Waals surface area contributed by atoms with Gasteiger partial charge in [0.1, 0.15) is 5.82 Å². The summed E-state index contributed by atoms with van der Waals surface area (Å²) in [7, 11) is -3.68. The van der Waals surface area contributed by atoms with E-state index >= 15 is 0 Å². The lowest BCUT2D eigenvalue weighted by Crippen LogP contribution is -2.13. The Morgan fingerprint density at radius 3 is 2.32 bits per heavy atom. The molecule has 98 valence electrons. The molecule has 0 unspecified atom stereocenters. The van der Waals surface area contributed by atoms with Gasteiger partial charge < -0.3 is 0 Å². The fourth-order valence-corrected chi connectivity index (χ4v) is 2.50. The van der Waals surface area contributed by atoms with Gasteiger partial charge in [-0.15, -0.1) is 0 Å². The van der Waals surface area contributed by atoms with Gasteiger partial charge in [-0.1, -0.05) is 18.2 Å². The molecule has 0 amide bonds. The number of Topliss-reactive ketones (excluding diaryl/α,β-unsaturated/α-hetero) is 1. The molecule has 0 fully saturated rings. The van der Waals surface area contributed by atoms with Gasteiger partial charge in [0.2, 0.25) is 0 Å². The first kappa shape index (κ1) is 13.2. The minimum atomic E-state index is -3.68. The zero-order valence-electron chi connectivity index (χ0n) is 10.2. The predicted octanol–water partition coefficient (Wildman–Crippen LogP) is 2.08. The van der Waals surface area contributed by atoms with E-state index in [4.69, 9.17) is 0 Å². The van der Waals surface area contributed by atoms with E-state index in [0.717, 1.165) is 0 Å². The van der Waals surface area contributed by atoms with Crippen LogP contribution in [0.4, 0.5) is 5.82 Å². The van der Waals surface area contributed by atoms with Crippen LogP contribution in [0.1, 0.15) is 17.3 Å². The molecule has 0 aliphatic heterocycles. The number of carbonyl (C=O) groups excluding carboxylic acids is 1. The molecular formula is C13H12N2O3S. The minimum Gasteiger partial charge on any atom is -0.295 e. The van der Waals surface area contributed by atoms with Crippen molar-refractivity contribution in [2.45, 2.75) is 11.8 Å². The summed E-state index contributed by atoms with van der Waals surface area (Å²) in [5.41, 5.74) is 0.469. The Balaban J connectivity index is 2.27. The lowest BCUT2D eigenvalue weighted by molar-refractivity contribution is 0.101. The van der Waals surface area contributed by atoms with E-state index in [2.05, 4.69) is 9.71 Å². The van der Waals surface area contributed by atoms with Crippen molar-refractivity contribution in [3.05, 3.63) is 54.2 Å². The first-order valence-electron chi connectivity index (χ1n) is 5.54. The van der Waals surface area contributed by atoms with E-state index in [1.807, 2.05) is 0 Å². The number of nitrogens with zero attached hydrogens (tertiary/aromatic N) is 1. The normalized spacial score (nSPS) is 11.0. The maximum Gasteiger partial charge on any atom is 0.263 e. The summed E-state index contributed by atoms with van der Waals surface area (Å²) < 4.78 is 26.5. The van der Waals surface area contributed by atoms with Gasteiger partial charge in [0, 0.05) is 11.8 Å². The van der Waals surface area contributed by atoms with Crippen LogP contribution in [0.15, 0.2) is 53.6 Å². The van der Waals surface area contributed by atoms with Gasteiger partial charge in [-0.3, -0.25) is 9.52 Å². The van der Waals surface area contributed by atoms with E-state index in [-0.39, 0.29) is 16.5 Å². The van der Waals surface area contributed by atoms with Crippen molar-refractivity contribution in [3.8, 4) is 0 Å². The Labute approximate surface area is 111 Å². The molecule has 0 aliphatic rings. The van der Waals surface area contributed by atoms with E-state index in [1.165, 1.54) is 37.4 Å². The SMILES string of the molecule is CC(=O)c1ccc(S(=O)(=O)Nc2ccccn2)cc1. The number of aromatic nitrogens is 1. The molecule has 1 aromatic carbocycles. The number of pyridine rings is 1. The molecule has 0 aliphatic carbocycles. The van der Waals surface area contributed by atoms with Gasteiger partial charge >= 0.3 is 0 Å². The minimum absolute atomic E-state index is 0.0863. The number of ketones is 1. The van der Waals surface area contributed by atoms with Gasteiger partial charge in [-0.05, 0) is 31.2 Å². The predicted molar refractivity (Wildman–Crippen MR) is 71.5 cm³/mol. The monoisotopic (exact) mass is 276 g/mol. The average molecular weight is 276 g/mol. The Morgan fingerprint density at radius 2 is 1.79 bits per heavy atom. The number of carbonyl (C=O) groups is 1. The number of anilines is 1. The molecule has 6 heteroatoms. The summed E-state index contributed by atoms with van der Waals surface area (Å²) in [4.78, 5) is 15.1. The molecule has 5 nitrogen and oxygen atoms in total. The first-order chi connectivity index (χ1) is 8.99. The second-order valence-electron chi connectivity index (χ2n) is 3.90. The molecule has 1 aromatic heterocycles. The Morgan fingerprint density at radius 1 is 1.11 bits per heavy atom. The van der Waals surface area contributed by atoms with Crippen molar-refractivity contribution in [3.63, 3.8) is 0 Å². The van der Waals surface area contributed by atoms with Crippen molar-refractivity contribution < 1.29 is 13.2 Å². The van der Waals surface area contributed by atoms with Crippen LogP contribution in [0.5, 0.6) is 0 Å². The van der Waals surface area contributed by atoms with E-state index in [1.54, 1.807) is 18.2 Å². The molecular weight excluding hydrogens is 264 g/mol. The third kappa shape index (κ3) is 3.17. The van der Waals surface area contributed by atoms with Gasteiger partial charge in [0.05, 0.1) is 4.90 Å². The first-order valence-corrected chi connectivity index (χ1v) is 7.02. The van der Waals surface area contributed by atoms with Crippen molar-refractivity contribution in [1.29, 1.82) is 0 Å². The van der Waals surface area contributed by atoms with E-state index < -0.39 is 10.0 Å². The maximum absolute atomic E-state index is 12.0. The van der Waals surface area contributed by atoms with Gasteiger partial charge in [-0.25, -0.2) is 13.4 Å². The summed E-state index contributed by atoms with van der Waals surface area (Å²) in [5, 5.41) is 0. The third-order valence-corrected chi connectivity index (χ3v) is 3.85. The van der Waals surface area contributed by atoms with Crippen LogP contribution in [-0.4, -0.2) is 19.2 Å². The van der Waals surface area contributed by atoms with Crippen molar-refractivity contribution in [1.82, 2.24) is 4.98 Å². The topological polar surface area (TPSA) is 76.1 Å². The van der Waals surface area contributed by atoms with E-state index in [9.17, 15) is 13.2 Å². The molecule has 0 saturated heterocycles. The summed E-state index contributed by atoms with van der Waals surface area (Å²) >= 11 is 0. The highest BCUT2D eigenvalue weighted by atomic mass is 32.2. The molecule has 0 bridgehead atoms. The second-order valence-corrected chi connectivity index (χ2v) is 5.58. The quantitative estimate of drug-likeness (QED) is 0.867. The second kappa shape index (κ2) is 5.19. The highest BCUT2D eigenvalue weighted by Gasteiger charge is 2.14. The van der Waals surface area contributed by atoms with Crippen molar-refractivity contribution >= 4 is 21.6 Å². The number of nitrogens with one attached hydrogen (secondary N) is 1. The molecule has 2 rings (SSSR count). The number of sulfonamides is 1. The fraction of sp³-hybridized carbons (Fsp3) is 0.0769. The Bertz CT molecular complexity index is 680. The smallest absolute Gasteiger partial charge is 0.263 e. The Kier molecular flexibility index (Phi) is 3.62. The molecule has 0 saturated carbocycles. The fourth-order valence-electron chi connectivity index (χ4n) is 1.49. The maximum atomic E-state index is 12.0. The average Bonchev–Trinajstić information content (AvgIpc) is 2.39. The van der Waals surface area contributed by atoms with Crippen LogP contribution in [0.25, 0.3) is 0 Å². The van der Waals surface area contributed by atoms with Crippen LogP contribution in [0.2, 0.25) is 0 Å². The van der Waals surface area contributed by atoms with Crippen molar-refractivity contribution in [2.75, 3.05) is 4.72 Å². The summed E-state index contributed by atoms with van der Waals surface area (Å²) in [6.07, 6.45) is 1.50. The number of hydrogen-bond acceptors (Lipinski definition) is 4. The van der Waals surface area contributed by atoms with Gasteiger partial charge in [0.15, 0.2) is 5.78 Å². The molecule has 1 N–H and O–H groups in total. The summed E-state index contributed by atoms with van der Waals surface area (Å²) in [5.74, 6) is 0.139. The highest BCUT2D eigenvalue weighted by molar-refractivity contribution is 7.92. The molecule has 19 heavy (non-hydrogen) atoms. The summed E-state index contributed by atoms with van der Waals surface area (Å²) in [6.45, 7) is 1.43. The highest BCUT2D eigenvalue weighted by Crippen LogP contribution is 2.14. The van der Waals surface area contributed by atoms with Crippen LogP contribution in [0, 0.1) is 0 Å². The lowest BCUT2D eigenvalue weighted by Gasteiger charge is -2.07. The molecule has 2 aromatic rings. The number of rotatable bonds is 4. The zero-order chi connectivity index (χ0) is 13.9. The molecule has 0 radical (unpaired) electrons. The zero-order valence-corrected chi connectivity index (χ0v) is 11.0. The molecule has 0 spiro atoms. The third-order valence-electron chi connectivity index (χ3n) is 2.47. The number of benzene rings is 1. The molecule has 0 atom stereocenters. The summed E-state index contributed by atoms with van der Waals surface area (Å²) in [6, 6.07) is 10.7. The van der Waals surface area contributed by atoms with Crippen molar-refractivity contribution in [2.24, 2.45) is 0 Å².